The van der Waals surface area contributed by atoms with Crippen LogP contribution < -0.4 is 4.74 Å². The molecule has 0 spiro atoms. The Hall–Kier alpha value is -2.95. The minimum Gasteiger partial charge on any atom is -0.478 e. The fraction of sp³-hybridized carbons (Fsp3) is 0.0625. The summed E-state index contributed by atoms with van der Waals surface area (Å²) in [6.45, 7) is 1.85. The molecule has 1 N–H and O–H groups in total. The topological polar surface area (TPSA) is 72.3 Å². The third kappa shape index (κ3) is 2.53. The van der Waals surface area contributed by atoms with Crippen molar-refractivity contribution in [3.05, 3.63) is 59.9 Å². The zero-order valence-electron chi connectivity index (χ0n) is 11.3. The van der Waals surface area contributed by atoms with Gasteiger partial charge < -0.3 is 9.84 Å². The van der Waals surface area contributed by atoms with Gasteiger partial charge >= 0.3 is 5.97 Å². The van der Waals surface area contributed by atoms with Crippen LogP contribution in [-0.2, 0) is 0 Å². The van der Waals surface area contributed by atoms with Crippen molar-refractivity contribution in [2.45, 2.75) is 6.92 Å². The summed E-state index contributed by atoms with van der Waals surface area (Å²) in [5.41, 5.74) is 1.57. The molecular formula is C16H12N2O3. The molecule has 0 fully saturated rings. The van der Waals surface area contributed by atoms with Gasteiger partial charge in [0.15, 0.2) is 5.75 Å². The molecule has 0 aliphatic heterocycles. The van der Waals surface area contributed by atoms with Crippen molar-refractivity contribution in [2.75, 3.05) is 0 Å². The molecule has 104 valence electrons. The van der Waals surface area contributed by atoms with Crippen LogP contribution in [0, 0.1) is 6.92 Å². The number of nitrogens with zero attached hydrogens (tertiary/aromatic N) is 2. The Labute approximate surface area is 120 Å². The number of hydrogen-bond donors (Lipinski definition) is 1. The lowest BCUT2D eigenvalue weighted by Gasteiger charge is -2.08. The summed E-state index contributed by atoms with van der Waals surface area (Å²) >= 11 is 0. The van der Waals surface area contributed by atoms with E-state index in [0.717, 1.165) is 5.69 Å². The Bertz CT molecular complexity index is 831. The number of carboxylic acid groups (broad SMARTS) is 1. The number of fused-ring (bicyclic) bond motifs is 1. The van der Waals surface area contributed by atoms with E-state index in [9.17, 15) is 4.79 Å². The Balaban J connectivity index is 2.03. The van der Waals surface area contributed by atoms with E-state index >= 15 is 0 Å². The molecule has 0 aliphatic carbocycles. The third-order valence-corrected chi connectivity index (χ3v) is 3.11. The van der Waals surface area contributed by atoms with Crippen LogP contribution in [0.2, 0.25) is 0 Å². The van der Waals surface area contributed by atoms with Crippen LogP contribution in [0.15, 0.2) is 48.7 Å². The monoisotopic (exact) mass is 280 g/mol. The summed E-state index contributed by atoms with van der Waals surface area (Å²) in [5.74, 6) is 0.0547. The Morgan fingerprint density at radius 3 is 2.76 bits per heavy atom. The first-order valence-electron chi connectivity index (χ1n) is 6.38. The molecule has 0 unspecified atom stereocenters. The largest absolute Gasteiger partial charge is 0.478 e. The molecule has 3 rings (SSSR count). The van der Waals surface area contributed by atoms with E-state index < -0.39 is 5.97 Å². The van der Waals surface area contributed by atoms with E-state index in [4.69, 9.17) is 9.84 Å². The number of benzene rings is 1. The lowest BCUT2D eigenvalue weighted by molar-refractivity contribution is 0.0699. The second-order valence-corrected chi connectivity index (χ2v) is 4.52. The van der Waals surface area contributed by atoms with Crippen LogP contribution in [0.4, 0.5) is 0 Å². The smallest absolute Gasteiger partial charge is 0.336 e. The fourth-order valence-corrected chi connectivity index (χ4v) is 2.07. The molecule has 2 aromatic heterocycles. The second-order valence-electron chi connectivity index (χ2n) is 4.52. The first-order valence-corrected chi connectivity index (χ1v) is 6.38. The van der Waals surface area contributed by atoms with Gasteiger partial charge in [0.05, 0.1) is 16.8 Å². The van der Waals surface area contributed by atoms with E-state index in [1.54, 1.807) is 42.6 Å². The van der Waals surface area contributed by atoms with Crippen LogP contribution in [0.3, 0.4) is 0 Å². The molecule has 21 heavy (non-hydrogen) atoms. The number of ether oxygens (including phenoxy) is 1. The van der Waals surface area contributed by atoms with Gasteiger partial charge in [0, 0.05) is 17.6 Å². The first kappa shape index (κ1) is 13.1. The maximum absolute atomic E-state index is 11.2. The molecule has 0 saturated carbocycles. The normalized spacial score (nSPS) is 10.5. The summed E-state index contributed by atoms with van der Waals surface area (Å²) in [6.07, 6.45) is 1.69. The second kappa shape index (κ2) is 5.20. The molecule has 1 aromatic carbocycles. The Morgan fingerprint density at radius 2 is 2.00 bits per heavy atom. The first-order chi connectivity index (χ1) is 10.1. The average Bonchev–Trinajstić information content (AvgIpc) is 2.48. The van der Waals surface area contributed by atoms with Crippen LogP contribution in [0.1, 0.15) is 16.1 Å². The summed E-state index contributed by atoms with van der Waals surface area (Å²) in [7, 11) is 0. The lowest BCUT2D eigenvalue weighted by Crippen LogP contribution is -1.98. The molecule has 0 radical (unpaired) electrons. The summed E-state index contributed by atoms with van der Waals surface area (Å²) in [5, 5.41) is 9.74. The molecule has 0 aliphatic rings. The predicted octanol–water partition coefficient (Wildman–Crippen LogP) is 3.43. The average molecular weight is 280 g/mol. The van der Waals surface area contributed by atoms with Crippen LogP contribution in [-0.4, -0.2) is 21.0 Å². The number of pyridine rings is 2. The maximum Gasteiger partial charge on any atom is 0.336 e. The minimum absolute atomic E-state index is 0.226. The highest BCUT2D eigenvalue weighted by atomic mass is 16.5. The van der Waals surface area contributed by atoms with E-state index in [2.05, 4.69) is 9.97 Å². The van der Waals surface area contributed by atoms with Crippen LogP contribution in [0.5, 0.6) is 11.6 Å². The molecule has 0 bridgehead atoms. The number of rotatable bonds is 3. The van der Waals surface area contributed by atoms with E-state index in [1.807, 2.05) is 13.0 Å². The van der Waals surface area contributed by atoms with Gasteiger partial charge in [-0.1, -0.05) is 6.07 Å². The zero-order valence-corrected chi connectivity index (χ0v) is 11.3. The van der Waals surface area contributed by atoms with Gasteiger partial charge in [-0.25, -0.2) is 9.78 Å². The zero-order chi connectivity index (χ0) is 14.8. The summed E-state index contributed by atoms with van der Waals surface area (Å²) in [6, 6.07) is 11.9. The number of hydrogen-bond acceptors (Lipinski definition) is 4. The highest BCUT2D eigenvalue weighted by molar-refractivity contribution is 6.02. The van der Waals surface area contributed by atoms with Gasteiger partial charge in [-0.2, -0.15) is 0 Å². The highest BCUT2D eigenvalue weighted by Gasteiger charge is 2.10. The molecule has 2 heterocycles. The summed E-state index contributed by atoms with van der Waals surface area (Å²) < 4.78 is 5.70. The highest BCUT2D eigenvalue weighted by Crippen LogP contribution is 2.25. The number of carboxylic acids is 1. The number of aromatic nitrogens is 2. The molecule has 0 atom stereocenters. The number of carbonyl (C=O) groups is 1. The lowest BCUT2D eigenvalue weighted by atomic mass is 10.1. The standard InChI is InChI=1S/C16H12N2O3/c1-10-14(6-3-9-17-10)21-15-8-7-11-12(16(19)20)4-2-5-13(11)18-15/h2-9H,1H3,(H,19,20). The van der Waals surface area contributed by atoms with E-state index in [-0.39, 0.29) is 5.56 Å². The molecule has 0 saturated heterocycles. The van der Waals surface area contributed by atoms with Gasteiger partial charge in [0.25, 0.3) is 0 Å². The maximum atomic E-state index is 11.2. The SMILES string of the molecule is Cc1ncccc1Oc1ccc2c(C(=O)O)cccc2n1. The van der Waals surface area contributed by atoms with Crippen molar-refractivity contribution in [3.63, 3.8) is 0 Å². The van der Waals surface area contributed by atoms with Crippen molar-refractivity contribution in [3.8, 4) is 11.6 Å². The van der Waals surface area contributed by atoms with Crippen molar-refractivity contribution < 1.29 is 14.6 Å². The van der Waals surface area contributed by atoms with Gasteiger partial charge in [-0.3, -0.25) is 4.98 Å². The van der Waals surface area contributed by atoms with Crippen molar-refractivity contribution >= 4 is 16.9 Å². The van der Waals surface area contributed by atoms with E-state index in [1.165, 1.54) is 0 Å². The van der Waals surface area contributed by atoms with Crippen LogP contribution in [0.25, 0.3) is 10.9 Å². The summed E-state index contributed by atoms with van der Waals surface area (Å²) in [4.78, 5) is 19.7. The quantitative estimate of drug-likeness (QED) is 0.795. The minimum atomic E-state index is -0.973. The Morgan fingerprint density at radius 1 is 1.14 bits per heavy atom. The molecule has 3 aromatic rings. The van der Waals surface area contributed by atoms with Gasteiger partial charge in [-0.05, 0) is 37.3 Å². The predicted molar refractivity (Wildman–Crippen MR) is 77.8 cm³/mol. The molecule has 5 heteroatoms. The Kier molecular flexibility index (Phi) is 3.23. The fourth-order valence-electron chi connectivity index (χ4n) is 2.07. The third-order valence-electron chi connectivity index (χ3n) is 3.11. The molecule has 5 nitrogen and oxygen atoms in total. The van der Waals surface area contributed by atoms with Crippen LogP contribution >= 0.6 is 0 Å². The van der Waals surface area contributed by atoms with Crippen molar-refractivity contribution in [1.29, 1.82) is 0 Å². The molecular weight excluding hydrogens is 268 g/mol. The van der Waals surface area contributed by atoms with Crippen molar-refractivity contribution in [1.82, 2.24) is 9.97 Å². The number of aryl methyl sites for hydroxylation is 1. The van der Waals surface area contributed by atoms with Gasteiger partial charge in [0.2, 0.25) is 5.88 Å². The van der Waals surface area contributed by atoms with E-state index in [0.29, 0.717) is 22.5 Å². The van der Waals surface area contributed by atoms with Crippen molar-refractivity contribution in [2.24, 2.45) is 0 Å². The van der Waals surface area contributed by atoms with Gasteiger partial charge in [-0.15, -0.1) is 0 Å². The van der Waals surface area contributed by atoms with Gasteiger partial charge in [0.1, 0.15) is 0 Å². The molecule has 0 amide bonds. The number of aromatic carboxylic acids is 1.